The summed E-state index contributed by atoms with van der Waals surface area (Å²) in [6.45, 7) is 6.67. The van der Waals surface area contributed by atoms with Crippen molar-refractivity contribution in [3.63, 3.8) is 0 Å². The SMILES string of the molecule is CCOC(=O)C1=C(CN2CCCN(C(=O)c3cccc(F)c3)CC2)N(CC)C(=O)N[C@H]1c1ccc(Cl)cc1. The van der Waals surface area contributed by atoms with Gasteiger partial charge >= 0.3 is 12.0 Å². The normalized spacial score (nSPS) is 18.7. The van der Waals surface area contributed by atoms with Gasteiger partial charge < -0.3 is 15.0 Å². The van der Waals surface area contributed by atoms with E-state index in [0.29, 0.717) is 67.5 Å². The molecular formula is C28H32ClFN4O4. The van der Waals surface area contributed by atoms with Crippen LogP contribution in [0.4, 0.5) is 9.18 Å². The van der Waals surface area contributed by atoms with Crippen LogP contribution in [0.1, 0.15) is 42.2 Å². The molecule has 1 saturated heterocycles. The lowest BCUT2D eigenvalue weighted by molar-refractivity contribution is -0.139. The van der Waals surface area contributed by atoms with Crippen LogP contribution in [0.2, 0.25) is 5.02 Å². The molecule has 1 fully saturated rings. The third kappa shape index (κ3) is 6.16. The van der Waals surface area contributed by atoms with Crippen molar-refractivity contribution in [1.29, 1.82) is 0 Å². The quantitative estimate of drug-likeness (QED) is 0.530. The molecule has 202 valence electrons. The number of carbonyl (C=O) groups is 3. The van der Waals surface area contributed by atoms with Crippen LogP contribution in [-0.2, 0) is 9.53 Å². The van der Waals surface area contributed by atoms with Gasteiger partial charge in [-0.05, 0) is 56.2 Å². The number of urea groups is 1. The molecule has 1 atom stereocenters. The Morgan fingerprint density at radius 1 is 1.08 bits per heavy atom. The number of rotatable bonds is 7. The Kier molecular flexibility index (Phi) is 9.01. The molecule has 8 nitrogen and oxygen atoms in total. The number of halogens is 2. The molecule has 2 aromatic carbocycles. The lowest BCUT2D eigenvalue weighted by Gasteiger charge is -2.38. The van der Waals surface area contributed by atoms with Crippen LogP contribution >= 0.6 is 11.6 Å². The first kappa shape index (κ1) is 27.6. The summed E-state index contributed by atoms with van der Waals surface area (Å²) in [6, 6.07) is 11.7. The summed E-state index contributed by atoms with van der Waals surface area (Å²) in [5.74, 6) is -1.15. The summed E-state index contributed by atoms with van der Waals surface area (Å²) >= 11 is 6.07. The number of amides is 3. The Bertz CT molecular complexity index is 1220. The minimum Gasteiger partial charge on any atom is -0.463 e. The molecule has 2 aliphatic heterocycles. The Morgan fingerprint density at radius 3 is 2.53 bits per heavy atom. The van der Waals surface area contributed by atoms with E-state index in [1.54, 1.807) is 47.1 Å². The molecule has 0 unspecified atom stereocenters. The standard InChI is InChI=1S/C28H32ClFN4O4/c1-3-34-23(18-32-13-6-14-33(16-15-32)26(35)20-7-5-8-22(30)17-20)24(27(36)38-4-2)25(31-28(34)37)19-9-11-21(29)12-10-19/h5,7-12,17,25H,3-4,6,13-16,18H2,1-2H3,(H,31,37)/t25-/m0/s1. The second-order valence-electron chi connectivity index (χ2n) is 9.19. The molecule has 4 rings (SSSR count). The Hall–Kier alpha value is -3.43. The number of likely N-dealkylation sites (N-methyl/N-ethyl adjacent to an activating group) is 1. The largest absolute Gasteiger partial charge is 0.463 e. The summed E-state index contributed by atoms with van der Waals surface area (Å²) < 4.78 is 19.1. The van der Waals surface area contributed by atoms with Gasteiger partial charge in [-0.15, -0.1) is 0 Å². The summed E-state index contributed by atoms with van der Waals surface area (Å²) in [5, 5.41) is 3.50. The van der Waals surface area contributed by atoms with Crippen LogP contribution in [0.5, 0.6) is 0 Å². The molecule has 10 heteroatoms. The van der Waals surface area contributed by atoms with Gasteiger partial charge in [0.1, 0.15) is 5.82 Å². The third-order valence-electron chi connectivity index (χ3n) is 6.77. The second kappa shape index (κ2) is 12.4. The number of benzene rings is 2. The van der Waals surface area contributed by atoms with Gasteiger partial charge in [-0.1, -0.05) is 29.8 Å². The predicted octanol–water partition coefficient (Wildman–Crippen LogP) is 4.23. The highest BCUT2D eigenvalue weighted by molar-refractivity contribution is 6.30. The maximum Gasteiger partial charge on any atom is 0.338 e. The zero-order chi connectivity index (χ0) is 27.2. The van der Waals surface area contributed by atoms with E-state index in [0.717, 1.165) is 5.56 Å². The first-order chi connectivity index (χ1) is 18.3. The Balaban J connectivity index is 1.61. The van der Waals surface area contributed by atoms with Gasteiger partial charge in [-0.2, -0.15) is 0 Å². The van der Waals surface area contributed by atoms with Crippen molar-refractivity contribution >= 4 is 29.5 Å². The number of carbonyl (C=O) groups excluding carboxylic acids is 3. The van der Waals surface area contributed by atoms with Crippen LogP contribution in [-0.4, -0.2) is 78.5 Å². The van der Waals surface area contributed by atoms with Crippen LogP contribution in [0, 0.1) is 5.82 Å². The minimum absolute atomic E-state index is 0.198. The number of nitrogens with one attached hydrogen (secondary N) is 1. The number of hydrogen-bond donors (Lipinski definition) is 1. The minimum atomic E-state index is -0.686. The third-order valence-corrected chi connectivity index (χ3v) is 7.03. The average Bonchev–Trinajstić information content (AvgIpc) is 3.14. The van der Waals surface area contributed by atoms with Crippen molar-refractivity contribution in [2.45, 2.75) is 26.3 Å². The van der Waals surface area contributed by atoms with Crippen LogP contribution in [0.3, 0.4) is 0 Å². The average molecular weight is 543 g/mol. The first-order valence-electron chi connectivity index (χ1n) is 12.8. The molecule has 38 heavy (non-hydrogen) atoms. The van der Waals surface area contributed by atoms with Crippen molar-refractivity contribution in [2.75, 3.05) is 45.9 Å². The van der Waals surface area contributed by atoms with E-state index >= 15 is 0 Å². The topological polar surface area (TPSA) is 82.2 Å². The summed E-state index contributed by atoms with van der Waals surface area (Å²) in [5.41, 5.74) is 2.01. The number of hydrogen-bond acceptors (Lipinski definition) is 5. The highest BCUT2D eigenvalue weighted by Gasteiger charge is 2.38. The summed E-state index contributed by atoms with van der Waals surface area (Å²) in [4.78, 5) is 44.8. The molecule has 0 spiro atoms. The van der Waals surface area contributed by atoms with E-state index in [1.165, 1.54) is 18.2 Å². The van der Waals surface area contributed by atoms with Gasteiger partial charge in [0.15, 0.2) is 0 Å². The van der Waals surface area contributed by atoms with Gasteiger partial charge in [-0.3, -0.25) is 14.6 Å². The smallest absolute Gasteiger partial charge is 0.338 e. The van der Waals surface area contributed by atoms with E-state index in [2.05, 4.69) is 10.2 Å². The molecule has 1 N–H and O–H groups in total. The van der Waals surface area contributed by atoms with Crippen molar-refractivity contribution in [2.24, 2.45) is 0 Å². The van der Waals surface area contributed by atoms with Crippen LogP contribution in [0.25, 0.3) is 0 Å². The molecule has 0 bridgehead atoms. The monoisotopic (exact) mass is 542 g/mol. The summed E-state index contributed by atoms with van der Waals surface area (Å²) in [6.07, 6.45) is 0.696. The maximum absolute atomic E-state index is 13.7. The fourth-order valence-corrected chi connectivity index (χ4v) is 5.04. The predicted molar refractivity (Wildman–Crippen MR) is 142 cm³/mol. The fraction of sp³-hybridized carbons (Fsp3) is 0.393. The molecule has 2 heterocycles. The first-order valence-corrected chi connectivity index (χ1v) is 13.2. The molecule has 2 aliphatic rings. The zero-order valence-corrected chi connectivity index (χ0v) is 22.3. The van der Waals surface area contributed by atoms with Gasteiger partial charge in [0, 0.05) is 55.6 Å². The van der Waals surface area contributed by atoms with E-state index in [9.17, 15) is 18.8 Å². The molecule has 0 aromatic heterocycles. The van der Waals surface area contributed by atoms with Crippen LogP contribution in [0.15, 0.2) is 59.8 Å². The Labute approximate surface area is 227 Å². The van der Waals surface area contributed by atoms with E-state index in [4.69, 9.17) is 16.3 Å². The molecule has 0 radical (unpaired) electrons. The molecule has 0 saturated carbocycles. The molecule has 0 aliphatic carbocycles. The number of ether oxygens (including phenoxy) is 1. The lowest BCUT2D eigenvalue weighted by Crippen LogP contribution is -2.51. The van der Waals surface area contributed by atoms with E-state index < -0.39 is 17.8 Å². The van der Waals surface area contributed by atoms with E-state index in [1.807, 2.05) is 6.92 Å². The molecule has 2 aromatic rings. The van der Waals surface area contributed by atoms with Gasteiger partial charge in [0.05, 0.1) is 18.2 Å². The zero-order valence-electron chi connectivity index (χ0n) is 21.6. The maximum atomic E-state index is 13.7. The summed E-state index contributed by atoms with van der Waals surface area (Å²) in [7, 11) is 0. The molecular weight excluding hydrogens is 511 g/mol. The number of esters is 1. The molecule has 3 amide bonds. The van der Waals surface area contributed by atoms with Crippen LogP contribution < -0.4 is 5.32 Å². The lowest BCUT2D eigenvalue weighted by atomic mass is 9.94. The van der Waals surface area contributed by atoms with Gasteiger partial charge in [-0.25, -0.2) is 14.0 Å². The Morgan fingerprint density at radius 2 is 1.84 bits per heavy atom. The van der Waals surface area contributed by atoms with Gasteiger partial charge in [0.25, 0.3) is 5.91 Å². The van der Waals surface area contributed by atoms with Crippen molar-refractivity contribution in [3.05, 3.63) is 81.8 Å². The number of nitrogens with zero attached hydrogens (tertiary/aromatic N) is 3. The fourth-order valence-electron chi connectivity index (χ4n) is 4.91. The van der Waals surface area contributed by atoms with Crippen molar-refractivity contribution < 1.29 is 23.5 Å². The second-order valence-corrected chi connectivity index (χ2v) is 9.63. The highest BCUT2D eigenvalue weighted by atomic mass is 35.5. The van der Waals surface area contributed by atoms with E-state index in [-0.39, 0.29) is 18.5 Å². The van der Waals surface area contributed by atoms with Gasteiger partial charge in [0.2, 0.25) is 0 Å². The van der Waals surface area contributed by atoms with Crippen molar-refractivity contribution in [3.8, 4) is 0 Å². The highest BCUT2D eigenvalue weighted by Crippen LogP contribution is 2.32. The van der Waals surface area contributed by atoms with Crippen molar-refractivity contribution in [1.82, 2.24) is 20.0 Å².